The van der Waals surface area contributed by atoms with Crippen LogP contribution in [0.15, 0.2) is 38.6 Å². The minimum Gasteiger partial charge on any atom is -0.450 e. The lowest BCUT2D eigenvalue weighted by Gasteiger charge is -2.16. The van der Waals surface area contributed by atoms with Crippen LogP contribution in [0.1, 0.15) is 17.0 Å². The molecule has 0 spiro atoms. The third-order valence-electron chi connectivity index (χ3n) is 4.37. The van der Waals surface area contributed by atoms with E-state index in [0.29, 0.717) is 17.3 Å². The molecule has 0 amide bonds. The summed E-state index contributed by atoms with van der Waals surface area (Å²) in [6.45, 7) is 3.22. The van der Waals surface area contributed by atoms with Crippen molar-refractivity contribution in [1.29, 1.82) is 0 Å². The molecule has 2 aromatic heterocycles. The summed E-state index contributed by atoms with van der Waals surface area (Å²) in [6.07, 6.45) is -4.97. The van der Waals surface area contributed by atoms with E-state index in [9.17, 15) is 31.9 Å². The predicted octanol–water partition coefficient (Wildman–Crippen LogP) is 3.44. The highest BCUT2D eigenvalue weighted by Crippen LogP contribution is 2.33. The number of aromatic nitrogens is 3. The lowest BCUT2D eigenvalue weighted by atomic mass is 10.2. The third kappa shape index (κ3) is 4.13. The maximum absolute atomic E-state index is 14.6. The molecule has 164 valence electrons. The van der Waals surface area contributed by atoms with Gasteiger partial charge < -0.3 is 9.72 Å². The smallest absolute Gasteiger partial charge is 0.431 e. The Kier molecular flexibility index (Phi) is 5.57. The Balaban J connectivity index is 2.22. The number of nitrogens with zero attached hydrogens (tertiary/aromatic N) is 2. The first kappa shape index (κ1) is 22.3. The number of hydrogen-bond acceptors (Lipinski definition) is 4. The molecule has 0 radical (unpaired) electrons. The summed E-state index contributed by atoms with van der Waals surface area (Å²) < 4.78 is 59.5. The molecule has 1 N–H and O–H groups in total. The van der Waals surface area contributed by atoms with Crippen molar-refractivity contribution in [3.63, 3.8) is 0 Å². The van der Waals surface area contributed by atoms with E-state index in [1.54, 1.807) is 19.9 Å². The summed E-state index contributed by atoms with van der Waals surface area (Å²) in [5.74, 6) is -1.62. The topological polar surface area (TPSA) is 86.1 Å². The Hall–Kier alpha value is -3.34. The van der Waals surface area contributed by atoms with Crippen LogP contribution in [0.25, 0.3) is 5.69 Å². The van der Waals surface area contributed by atoms with Gasteiger partial charge in [-0.2, -0.15) is 13.2 Å². The summed E-state index contributed by atoms with van der Waals surface area (Å²) in [5.41, 5.74) is -4.66. The average Bonchev–Trinajstić information content (AvgIpc) is 2.63. The van der Waals surface area contributed by atoms with Crippen LogP contribution in [0, 0.1) is 19.7 Å². The molecule has 0 aliphatic rings. The van der Waals surface area contributed by atoms with Crippen molar-refractivity contribution in [2.75, 3.05) is 0 Å². The number of nitrogens with one attached hydrogen (secondary N) is 1. The van der Waals surface area contributed by atoms with Crippen LogP contribution in [-0.2, 0) is 13.2 Å². The minimum absolute atomic E-state index is 0.169. The second-order valence-corrected chi connectivity index (χ2v) is 7.08. The Morgan fingerprint density at radius 2 is 1.71 bits per heavy atom. The number of H-pyrrole nitrogens is 1. The zero-order valence-electron chi connectivity index (χ0n) is 16.2. The van der Waals surface area contributed by atoms with Crippen molar-refractivity contribution in [3.05, 3.63) is 83.2 Å². The summed E-state index contributed by atoms with van der Waals surface area (Å²) in [5, 5.41) is -0.294. The van der Waals surface area contributed by atoms with Gasteiger partial charge in [-0.3, -0.25) is 14.2 Å². The SMILES string of the molecule is Cc1cc(C)c(Oc2cc(-n3c(=O)cc(C(F)(F)F)n(C)c3=O)c(F)cc2Cl)c(=O)[nH]1. The van der Waals surface area contributed by atoms with Gasteiger partial charge >= 0.3 is 11.9 Å². The number of benzene rings is 1. The van der Waals surface area contributed by atoms with Gasteiger partial charge in [0, 0.05) is 24.9 Å². The molecule has 0 unspecified atom stereocenters. The molecule has 1 aromatic carbocycles. The Labute approximate surface area is 176 Å². The monoisotopic (exact) mass is 459 g/mol. The molecule has 31 heavy (non-hydrogen) atoms. The van der Waals surface area contributed by atoms with Crippen LogP contribution in [0.5, 0.6) is 11.5 Å². The fourth-order valence-electron chi connectivity index (χ4n) is 2.97. The lowest BCUT2D eigenvalue weighted by molar-refractivity contribution is -0.144. The minimum atomic E-state index is -4.97. The van der Waals surface area contributed by atoms with E-state index < -0.39 is 40.2 Å². The standard InChI is InChI=1S/C19H14ClF4N3O4/c1-8-4-9(2)25-17(29)16(8)31-13-6-12(11(21)5-10(13)20)27-15(28)7-14(19(22,23)24)26(3)18(27)30/h4-7H,1-3H3,(H,25,29). The van der Waals surface area contributed by atoms with Crippen molar-refractivity contribution >= 4 is 11.6 Å². The number of alkyl halides is 3. The summed E-state index contributed by atoms with van der Waals surface area (Å²) in [7, 11) is 0.793. The number of hydrogen-bond donors (Lipinski definition) is 1. The molecule has 2 heterocycles. The maximum Gasteiger partial charge on any atom is 0.431 e. The molecule has 0 aliphatic heterocycles. The van der Waals surface area contributed by atoms with Crippen molar-refractivity contribution in [2.45, 2.75) is 20.0 Å². The van der Waals surface area contributed by atoms with Gasteiger partial charge in [0.05, 0.1) is 10.7 Å². The number of halogens is 5. The summed E-state index contributed by atoms with van der Waals surface area (Å²) in [4.78, 5) is 39.4. The summed E-state index contributed by atoms with van der Waals surface area (Å²) >= 11 is 5.97. The third-order valence-corrected chi connectivity index (χ3v) is 4.67. The van der Waals surface area contributed by atoms with Gasteiger partial charge in [-0.1, -0.05) is 11.6 Å². The van der Waals surface area contributed by atoms with E-state index in [2.05, 4.69) is 4.98 Å². The summed E-state index contributed by atoms with van der Waals surface area (Å²) in [6, 6.07) is 3.34. The first-order chi connectivity index (χ1) is 14.3. The number of aryl methyl sites for hydroxylation is 2. The van der Waals surface area contributed by atoms with Crippen molar-refractivity contribution < 1.29 is 22.3 Å². The Morgan fingerprint density at radius 3 is 2.29 bits per heavy atom. The van der Waals surface area contributed by atoms with E-state index in [0.717, 1.165) is 13.1 Å². The van der Waals surface area contributed by atoms with E-state index in [1.807, 2.05) is 0 Å². The molecule has 0 bridgehead atoms. The van der Waals surface area contributed by atoms with E-state index in [-0.39, 0.29) is 31.7 Å². The van der Waals surface area contributed by atoms with Gasteiger partial charge in [0.1, 0.15) is 17.3 Å². The number of aromatic amines is 1. The van der Waals surface area contributed by atoms with Crippen LogP contribution in [0.2, 0.25) is 5.02 Å². The van der Waals surface area contributed by atoms with Crippen molar-refractivity contribution in [1.82, 2.24) is 14.1 Å². The fourth-order valence-corrected chi connectivity index (χ4v) is 3.15. The Morgan fingerprint density at radius 1 is 1.06 bits per heavy atom. The van der Waals surface area contributed by atoms with Gasteiger partial charge in [-0.25, -0.2) is 13.8 Å². The molecule has 0 saturated heterocycles. The molecule has 3 aromatic rings. The zero-order valence-corrected chi connectivity index (χ0v) is 17.0. The van der Waals surface area contributed by atoms with Gasteiger partial charge in [-0.05, 0) is 31.5 Å². The number of rotatable bonds is 3. The first-order valence-corrected chi connectivity index (χ1v) is 8.97. The quantitative estimate of drug-likeness (QED) is 0.608. The molecule has 0 saturated carbocycles. The van der Waals surface area contributed by atoms with Crippen LogP contribution in [0.4, 0.5) is 17.6 Å². The lowest BCUT2D eigenvalue weighted by Crippen LogP contribution is -2.41. The molecular formula is C19H14ClF4N3O4. The average molecular weight is 460 g/mol. The van der Waals surface area contributed by atoms with E-state index in [1.165, 1.54) is 0 Å². The highest BCUT2D eigenvalue weighted by atomic mass is 35.5. The molecule has 0 atom stereocenters. The second kappa shape index (κ2) is 7.73. The van der Waals surface area contributed by atoms with Gasteiger partial charge in [0.15, 0.2) is 5.75 Å². The number of pyridine rings is 1. The second-order valence-electron chi connectivity index (χ2n) is 6.67. The van der Waals surface area contributed by atoms with Gasteiger partial charge in [-0.15, -0.1) is 0 Å². The molecule has 7 nitrogen and oxygen atoms in total. The number of ether oxygens (including phenoxy) is 1. The van der Waals surface area contributed by atoms with Crippen LogP contribution in [-0.4, -0.2) is 14.1 Å². The van der Waals surface area contributed by atoms with Gasteiger partial charge in [0.25, 0.3) is 11.1 Å². The molecule has 12 heteroatoms. The van der Waals surface area contributed by atoms with E-state index in [4.69, 9.17) is 16.3 Å². The van der Waals surface area contributed by atoms with Gasteiger partial charge in [0.2, 0.25) is 0 Å². The Bertz CT molecular complexity index is 1370. The zero-order chi connectivity index (χ0) is 23.2. The normalized spacial score (nSPS) is 11.6. The molecule has 3 rings (SSSR count). The van der Waals surface area contributed by atoms with Crippen molar-refractivity contribution in [3.8, 4) is 17.2 Å². The maximum atomic E-state index is 14.6. The molecular weight excluding hydrogens is 446 g/mol. The predicted molar refractivity (Wildman–Crippen MR) is 104 cm³/mol. The van der Waals surface area contributed by atoms with Crippen LogP contribution < -0.4 is 21.5 Å². The first-order valence-electron chi connectivity index (χ1n) is 8.59. The fraction of sp³-hybridized carbons (Fsp3) is 0.211. The highest BCUT2D eigenvalue weighted by Gasteiger charge is 2.35. The van der Waals surface area contributed by atoms with Crippen molar-refractivity contribution in [2.24, 2.45) is 7.05 Å². The van der Waals surface area contributed by atoms with Crippen LogP contribution in [0.3, 0.4) is 0 Å². The largest absolute Gasteiger partial charge is 0.450 e. The molecule has 0 fully saturated rings. The highest BCUT2D eigenvalue weighted by molar-refractivity contribution is 6.32. The van der Waals surface area contributed by atoms with E-state index >= 15 is 0 Å². The van der Waals surface area contributed by atoms with Crippen LogP contribution >= 0.6 is 11.6 Å². The molecule has 0 aliphatic carbocycles.